The molecule has 0 unspecified atom stereocenters. The molecule has 0 spiro atoms. The van der Waals surface area contributed by atoms with Crippen LogP contribution < -0.4 is 4.74 Å². The maximum atomic E-state index is 10.6. The largest absolute Gasteiger partial charge is 0.427 e. The minimum atomic E-state index is -0.303. The first kappa shape index (κ1) is 10.7. The smallest absolute Gasteiger partial charge is 0.308 e. The van der Waals surface area contributed by atoms with Gasteiger partial charge in [-0.25, -0.2) is 0 Å². The molecule has 0 aliphatic heterocycles. The van der Waals surface area contributed by atoms with E-state index in [1.165, 1.54) is 6.92 Å². The summed E-state index contributed by atoms with van der Waals surface area (Å²) in [5.74, 6) is 0.264. The van der Waals surface area contributed by atoms with Crippen LogP contribution in [0.5, 0.6) is 5.75 Å². The van der Waals surface area contributed by atoms with Gasteiger partial charge in [0.15, 0.2) is 0 Å². The van der Waals surface area contributed by atoms with E-state index >= 15 is 0 Å². The van der Waals surface area contributed by atoms with Crippen molar-refractivity contribution in [1.82, 2.24) is 0 Å². The zero-order valence-corrected chi connectivity index (χ0v) is 8.45. The molecule has 0 bridgehead atoms. The van der Waals surface area contributed by atoms with Crippen molar-refractivity contribution < 1.29 is 14.3 Å². The van der Waals surface area contributed by atoms with Gasteiger partial charge in [0.05, 0.1) is 6.61 Å². The SMILES string of the molecule is CCOCc1ccc(OC(C)=O)cc1. The Bertz CT molecular complexity index is 290. The third-order valence-electron chi connectivity index (χ3n) is 1.66. The molecule has 14 heavy (non-hydrogen) atoms. The molecular weight excluding hydrogens is 180 g/mol. The number of carbonyl (C=O) groups excluding carboxylic acids is 1. The summed E-state index contributed by atoms with van der Waals surface area (Å²) >= 11 is 0. The lowest BCUT2D eigenvalue weighted by atomic mass is 10.2. The zero-order valence-electron chi connectivity index (χ0n) is 8.45. The molecule has 0 aliphatic rings. The van der Waals surface area contributed by atoms with Gasteiger partial charge >= 0.3 is 5.97 Å². The van der Waals surface area contributed by atoms with E-state index in [4.69, 9.17) is 9.47 Å². The second-order valence-corrected chi connectivity index (χ2v) is 2.87. The van der Waals surface area contributed by atoms with E-state index < -0.39 is 0 Å². The molecule has 1 aromatic rings. The molecule has 0 amide bonds. The van der Waals surface area contributed by atoms with Crippen molar-refractivity contribution in [3.05, 3.63) is 29.8 Å². The highest BCUT2D eigenvalue weighted by atomic mass is 16.5. The Kier molecular flexibility index (Phi) is 4.13. The van der Waals surface area contributed by atoms with Crippen LogP contribution in [0.25, 0.3) is 0 Å². The van der Waals surface area contributed by atoms with Gasteiger partial charge in [0.2, 0.25) is 0 Å². The quantitative estimate of drug-likeness (QED) is 0.544. The summed E-state index contributed by atoms with van der Waals surface area (Å²) in [5, 5.41) is 0. The summed E-state index contributed by atoms with van der Waals surface area (Å²) in [6.45, 7) is 4.63. The number of hydrogen-bond donors (Lipinski definition) is 0. The van der Waals surface area contributed by atoms with Crippen molar-refractivity contribution in [3.8, 4) is 5.75 Å². The van der Waals surface area contributed by atoms with E-state index in [1.54, 1.807) is 12.1 Å². The summed E-state index contributed by atoms with van der Waals surface area (Å²) in [6.07, 6.45) is 0. The number of esters is 1. The Hall–Kier alpha value is -1.35. The van der Waals surface area contributed by atoms with Gasteiger partial charge in [0, 0.05) is 13.5 Å². The Balaban J connectivity index is 2.54. The Morgan fingerprint density at radius 1 is 1.29 bits per heavy atom. The van der Waals surface area contributed by atoms with E-state index in [0.29, 0.717) is 19.0 Å². The Morgan fingerprint density at radius 3 is 2.43 bits per heavy atom. The molecule has 0 saturated heterocycles. The number of rotatable bonds is 4. The number of ether oxygens (including phenoxy) is 2. The number of hydrogen-bond acceptors (Lipinski definition) is 3. The van der Waals surface area contributed by atoms with E-state index in [2.05, 4.69) is 0 Å². The lowest BCUT2D eigenvalue weighted by Crippen LogP contribution is -2.01. The standard InChI is InChI=1S/C11H14O3/c1-3-13-8-10-4-6-11(7-5-10)14-9(2)12/h4-7H,3,8H2,1-2H3. The minimum absolute atomic E-state index is 0.303. The lowest BCUT2D eigenvalue weighted by Gasteiger charge is -2.03. The van der Waals surface area contributed by atoms with Crippen LogP contribution in [0.1, 0.15) is 19.4 Å². The molecule has 1 rings (SSSR count). The highest BCUT2D eigenvalue weighted by Crippen LogP contribution is 2.12. The maximum Gasteiger partial charge on any atom is 0.308 e. The molecule has 0 aromatic heterocycles. The summed E-state index contributed by atoms with van der Waals surface area (Å²) in [6, 6.07) is 7.29. The zero-order chi connectivity index (χ0) is 10.4. The molecule has 0 radical (unpaired) electrons. The number of benzene rings is 1. The van der Waals surface area contributed by atoms with Gasteiger partial charge in [-0.1, -0.05) is 12.1 Å². The molecule has 76 valence electrons. The Morgan fingerprint density at radius 2 is 1.93 bits per heavy atom. The molecule has 0 aliphatic carbocycles. The van der Waals surface area contributed by atoms with Gasteiger partial charge in [-0.15, -0.1) is 0 Å². The van der Waals surface area contributed by atoms with Gasteiger partial charge in [-0.3, -0.25) is 4.79 Å². The molecule has 0 N–H and O–H groups in total. The Labute approximate surface area is 83.6 Å². The van der Waals surface area contributed by atoms with E-state index in [0.717, 1.165) is 5.56 Å². The third-order valence-corrected chi connectivity index (χ3v) is 1.66. The van der Waals surface area contributed by atoms with Crippen LogP contribution in [0, 0.1) is 0 Å². The molecule has 1 aromatic carbocycles. The van der Waals surface area contributed by atoms with Crippen molar-refractivity contribution in [2.75, 3.05) is 6.61 Å². The highest BCUT2D eigenvalue weighted by molar-refractivity contribution is 5.69. The average Bonchev–Trinajstić information content (AvgIpc) is 2.16. The summed E-state index contributed by atoms with van der Waals surface area (Å²) in [4.78, 5) is 10.6. The summed E-state index contributed by atoms with van der Waals surface area (Å²) < 4.78 is 10.1. The van der Waals surface area contributed by atoms with Crippen LogP contribution in [0.4, 0.5) is 0 Å². The highest BCUT2D eigenvalue weighted by Gasteiger charge is 1.97. The van der Waals surface area contributed by atoms with Crippen LogP contribution in [-0.2, 0) is 16.1 Å². The van der Waals surface area contributed by atoms with Crippen molar-refractivity contribution >= 4 is 5.97 Å². The first-order valence-corrected chi connectivity index (χ1v) is 4.57. The third kappa shape index (κ3) is 3.58. The van der Waals surface area contributed by atoms with E-state index in [1.807, 2.05) is 19.1 Å². The summed E-state index contributed by atoms with van der Waals surface area (Å²) in [5.41, 5.74) is 1.07. The van der Waals surface area contributed by atoms with Gasteiger partial charge in [-0.2, -0.15) is 0 Å². The predicted molar refractivity (Wildman–Crippen MR) is 53.1 cm³/mol. The van der Waals surface area contributed by atoms with E-state index in [-0.39, 0.29) is 5.97 Å². The molecule has 0 atom stereocenters. The van der Waals surface area contributed by atoms with Crippen molar-refractivity contribution in [1.29, 1.82) is 0 Å². The van der Waals surface area contributed by atoms with Crippen molar-refractivity contribution in [2.45, 2.75) is 20.5 Å². The summed E-state index contributed by atoms with van der Waals surface area (Å²) in [7, 11) is 0. The van der Waals surface area contributed by atoms with Gasteiger partial charge in [0.25, 0.3) is 0 Å². The number of carbonyl (C=O) groups is 1. The fourth-order valence-corrected chi connectivity index (χ4v) is 1.04. The average molecular weight is 194 g/mol. The molecule has 3 heteroatoms. The van der Waals surface area contributed by atoms with Crippen LogP contribution in [0.15, 0.2) is 24.3 Å². The fourth-order valence-electron chi connectivity index (χ4n) is 1.04. The normalized spacial score (nSPS) is 9.86. The van der Waals surface area contributed by atoms with Gasteiger partial charge < -0.3 is 9.47 Å². The van der Waals surface area contributed by atoms with Gasteiger partial charge in [0.1, 0.15) is 5.75 Å². The first-order chi connectivity index (χ1) is 6.72. The minimum Gasteiger partial charge on any atom is -0.427 e. The second kappa shape index (κ2) is 5.40. The molecular formula is C11H14O3. The van der Waals surface area contributed by atoms with Crippen LogP contribution in [0.2, 0.25) is 0 Å². The molecule has 0 heterocycles. The monoisotopic (exact) mass is 194 g/mol. The molecule has 0 fully saturated rings. The van der Waals surface area contributed by atoms with Crippen molar-refractivity contribution in [2.24, 2.45) is 0 Å². The van der Waals surface area contributed by atoms with Crippen LogP contribution >= 0.6 is 0 Å². The second-order valence-electron chi connectivity index (χ2n) is 2.87. The van der Waals surface area contributed by atoms with E-state index in [9.17, 15) is 4.79 Å². The first-order valence-electron chi connectivity index (χ1n) is 4.57. The molecule has 3 nitrogen and oxygen atoms in total. The van der Waals surface area contributed by atoms with Crippen LogP contribution in [0.3, 0.4) is 0 Å². The van der Waals surface area contributed by atoms with Crippen LogP contribution in [-0.4, -0.2) is 12.6 Å². The lowest BCUT2D eigenvalue weighted by molar-refractivity contribution is -0.131. The molecule has 0 saturated carbocycles. The maximum absolute atomic E-state index is 10.6. The van der Waals surface area contributed by atoms with Gasteiger partial charge in [-0.05, 0) is 24.6 Å². The fraction of sp³-hybridized carbons (Fsp3) is 0.364. The topological polar surface area (TPSA) is 35.5 Å². The van der Waals surface area contributed by atoms with Crippen molar-refractivity contribution in [3.63, 3.8) is 0 Å². The predicted octanol–water partition coefficient (Wildman–Crippen LogP) is 2.15.